The third-order valence-corrected chi connectivity index (χ3v) is 4.15. The molecule has 1 aromatic rings. The number of aryl methyl sites for hydroxylation is 1. The first-order valence-corrected chi connectivity index (χ1v) is 8.08. The second-order valence-electron chi connectivity index (χ2n) is 5.75. The largest absolute Gasteiger partial charge is 0.481 e. The normalized spacial score (nSPS) is 16.5. The second-order valence-corrected chi connectivity index (χ2v) is 5.75. The van der Waals surface area contributed by atoms with E-state index in [4.69, 9.17) is 10.2 Å². The maximum absolute atomic E-state index is 12.5. The number of hydrogen-bond acceptors (Lipinski definition) is 3. The van der Waals surface area contributed by atoms with E-state index in [2.05, 4.69) is 17.4 Å². The van der Waals surface area contributed by atoms with Gasteiger partial charge in [-0.05, 0) is 36.8 Å². The molecule has 1 unspecified atom stereocenters. The summed E-state index contributed by atoms with van der Waals surface area (Å²) in [5, 5.41) is 20.5. The number of amides is 2. The lowest BCUT2D eigenvalue weighted by Gasteiger charge is -2.36. The summed E-state index contributed by atoms with van der Waals surface area (Å²) in [5.74, 6) is -0.935. The molecular weight excluding hydrogens is 296 g/mol. The van der Waals surface area contributed by atoms with Gasteiger partial charge in [-0.2, -0.15) is 0 Å². The molecule has 2 rings (SSSR count). The third kappa shape index (κ3) is 4.69. The molecule has 126 valence electrons. The molecule has 2 amide bonds. The van der Waals surface area contributed by atoms with Gasteiger partial charge in [0.2, 0.25) is 0 Å². The molecule has 0 bridgehead atoms. The highest BCUT2D eigenvalue weighted by atomic mass is 16.4. The van der Waals surface area contributed by atoms with Crippen LogP contribution in [0.15, 0.2) is 24.3 Å². The van der Waals surface area contributed by atoms with Gasteiger partial charge in [-0.1, -0.05) is 24.3 Å². The van der Waals surface area contributed by atoms with Crippen LogP contribution in [0.25, 0.3) is 0 Å². The fraction of sp³-hybridized carbons (Fsp3) is 0.529. The lowest BCUT2D eigenvalue weighted by Crippen LogP contribution is -2.44. The van der Waals surface area contributed by atoms with Crippen LogP contribution >= 0.6 is 0 Å². The van der Waals surface area contributed by atoms with Crippen LogP contribution < -0.4 is 5.32 Å². The molecule has 0 fully saturated rings. The number of fused-ring (bicyclic) bond motifs is 1. The highest BCUT2D eigenvalue weighted by molar-refractivity contribution is 5.76. The monoisotopic (exact) mass is 320 g/mol. The van der Waals surface area contributed by atoms with E-state index in [-0.39, 0.29) is 31.6 Å². The van der Waals surface area contributed by atoms with Gasteiger partial charge >= 0.3 is 12.0 Å². The van der Waals surface area contributed by atoms with Crippen LogP contribution in [0.1, 0.15) is 42.9 Å². The minimum atomic E-state index is -0.935. The molecule has 0 saturated carbocycles. The van der Waals surface area contributed by atoms with Crippen molar-refractivity contribution in [2.75, 3.05) is 19.7 Å². The maximum atomic E-state index is 12.5. The summed E-state index contributed by atoms with van der Waals surface area (Å²) in [5.41, 5.74) is 2.42. The highest BCUT2D eigenvalue weighted by Crippen LogP contribution is 2.34. The Kier molecular flexibility index (Phi) is 6.40. The average molecular weight is 320 g/mol. The summed E-state index contributed by atoms with van der Waals surface area (Å²) >= 11 is 0. The predicted octanol–water partition coefficient (Wildman–Crippen LogP) is 1.93. The summed E-state index contributed by atoms with van der Waals surface area (Å²) in [6, 6.07) is 7.84. The van der Waals surface area contributed by atoms with Gasteiger partial charge in [0.25, 0.3) is 0 Å². The van der Waals surface area contributed by atoms with Gasteiger partial charge in [-0.25, -0.2) is 4.79 Å². The SMILES string of the molecule is O=C(O)CCNC(=O)N(CCCO)C1CCCc2ccccc21. The molecule has 6 heteroatoms. The minimum absolute atomic E-state index is 0.0173. The van der Waals surface area contributed by atoms with E-state index in [0.29, 0.717) is 13.0 Å². The first kappa shape index (κ1) is 17.3. The molecule has 0 heterocycles. The van der Waals surface area contributed by atoms with E-state index in [0.717, 1.165) is 24.8 Å². The number of rotatable bonds is 7. The molecule has 1 aliphatic rings. The zero-order valence-electron chi connectivity index (χ0n) is 13.2. The van der Waals surface area contributed by atoms with Crippen molar-refractivity contribution < 1.29 is 19.8 Å². The third-order valence-electron chi connectivity index (χ3n) is 4.15. The van der Waals surface area contributed by atoms with E-state index in [1.54, 1.807) is 4.90 Å². The number of carbonyl (C=O) groups excluding carboxylic acids is 1. The van der Waals surface area contributed by atoms with Gasteiger partial charge in [-0.15, -0.1) is 0 Å². The number of carbonyl (C=O) groups is 2. The number of aliphatic hydroxyl groups is 1. The van der Waals surface area contributed by atoms with E-state index in [1.807, 2.05) is 12.1 Å². The maximum Gasteiger partial charge on any atom is 0.317 e. The van der Waals surface area contributed by atoms with Crippen molar-refractivity contribution in [2.45, 2.75) is 38.1 Å². The number of carboxylic acids is 1. The second kappa shape index (κ2) is 8.53. The van der Waals surface area contributed by atoms with Crippen LogP contribution in [-0.4, -0.2) is 46.8 Å². The van der Waals surface area contributed by atoms with Crippen LogP contribution in [0.2, 0.25) is 0 Å². The van der Waals surface area contributed by atoms with E-state index >= 15 is 0 Å². The summed E-state index contributed by atoms with van der Waals surface area (Å²) < 4.78 is 0. The number of benzene rings is 1. The van der Waals surface area contributed by atoms with Gasteiger partial charge in [0.15, 0.2) is 0 Å². The number of carboxylic acid groups (broad SMARTS) is 1. The number of nitrogens with one attached hydrogen (secondary N) is 1. The Labute approximate surface area is 136 Å². The molecule has 3 N–H and O–H groups in total. The molecule has 1 aromatic carbocycles. The van der Waals surface area contributed by atoms with Gasteiger partial charge in [-0.3, -0.25) is 4.79 Å². The summed E-state index contributed by atoms with van der Waals surface area (Å²) in [6.07, 6.45) is 3.32. The first-order chi connectivity index (χ1) is 11.1. The minimum Gasteiger partial charge on any atom is -0.481 e. The van der Waals surface area contributed by atoms with E-state index in [9.17, 15) is 9.59 Å². The molecule has 6 nitrogen and oxygen atoms in total. The Balaban J connectivity index is 2.11. The van der Waals surface area contributed by atoms with Crippen LogP contribution in [0, 0.1) is 0 Å². The van der Waals surface area contributed by atoms with Gasteiger partial charge in [0.1, 0.15) is 0 Å². The number of nitrogens with zero attached hydrogens (tertiary/aromatic N) is 1. The van der Waals surface area contributed by atoms with Crippen molar-refractivity contribution in [3.63, 3.8) is 0 Å². The highest BCUT2D eigenvalue weighted by Gasteiger charge is 2.28. The molecular formula is C17H24N2O4. The summed E-state index contributed by atoms with van der Waals surface area (Å²) in [4.78, 5) is 24.8. The Bertz CT molecular complexity index is 547. The number of aliphatic hydroxyl groups excluding tert-OH is 1. The van der Waals surface area contributed by atoms with Crippen LogP contribution in [0.5, 0.6) is 0 Å². The molecule has 1 aliphatic carbocycles. The standard InChI is InChI=1S/C17H24N2O4/c20-12-4-11-19(17(23)18-10-9-16(21)22)15-8-3-6-13-5-1-2-7-14(13)15/h1-2,5,7,15,20H,3-4,6,8-12H2,(H,18,23)(H,21,22). The lowest BCUT2D eigenvalue weighted by atomic mass is 9.87. The van der Waals surface area contributed by atoms with E-state index in [1.165, 1.54) is 5.56 Å². The molecule has 0 spiro atoms. The summed E-state index contributed by atoms with van der Waals surface area (Å²) in [6.45, 7) is 0.583. The molecule has 0 aromatic heterocycles. The number of aliphatic carboxylic acids is 1. The van der Waals surface area contributed by atoms with Crippen molar-refractivity contribution in [1.29, 1.82) is 0 Å². The van der Waals surface area contributed by atoms with Crippen molar-refractivity contribution in [3.8, 4) is 0 Å². The van der Waals surface area contributed by atoms with Crippen molar-refractivity contribution in [3.05, 3.63) is 35.4 Å². The first-order valence-electron chi connectivity index (χ1n) is 8.08. The zero-order chi connectivity index (χ0) is 16.7. The van der Waals surface area contributed by atoms with Gasteiger partial charge in [0, 0.05) is 19.7 Å². The van der Waals surface area contributed by atoms with Crippen molar-refractivity contribution in [2.24, 2.45) is 0 Å². The van der Waals surface area contributed by atoms with Crippen LogP contribution in [0.4, 0.5) is 4.79 Å². The Morgan fingerprint density at radius 1 is 1.30 bits per heavy atom. The van der Waals surface area contributed by atoms with Crippen LogP contribution in [-0.2, 0) is 11.2 Å². The molecule has 0 aliphatic heterocycles. The molecule has 0 saturated heterocycles. The quantitative estimate of drug-likeness (QED) is 0.716. The predicted molar refractivity (Wildman–Crippen MR) is 86.2 cm³/mol. The fourth-order valence-electron chi connectivity index (χ4n) is 3.07. The number of hydrogen-bond donors (Lipinski definition) is 3. The topological polar surface area (TPSA) is 89.9 Å². The van der Waals surface area contributed by atoms with Gasteiger partial charge in [0.05, 0.1) is 12.5 Å². The van der Waals surface area contributed by atoms with E-state index < -0.39 is 5.97 Å². The summed E-state index contributed by atoms with van der Waals surface area (Å²) in [7, 11) is 0. The Hall–Kier alpha value is -2.08. The van der Waals surface area contributed by atoms with Crippen molar-refractivity contribution in [1.82, 2.24) is 10.2 Å². The van der Waals surface area contributed by atoms with Crippen molar-refractivity contribution >= 4 is 12.0 Å². The zero-order valence-corrected chi connectivity index (χ0v) is 13.2. The molecule has 0 radical (unpaired) electrons. The Morgan fingerprint density at radius 3 is 2.83 bits per heavy atom. The van der Waals surface area contributed by atoms with Crippen LogP contribution in [0.3, 0.4) is 0 Å². The molecule has 1 atom stereocenters. The fourth-order valence-corrected chi connectivity index (χ4v) is 3.07. The van der Waals surface area contributed by atoms with Gasteiger partial charge < -0.3 is 20.4 Å². The lowest BCUT2D eigenvalue weighted by molar-refractivity contribution is -0.136. The average Bonchev–Trinajstić information content (AvgIpc) is 2.55. The Morgan fingerprint density at radius 2 is 2.09 bits per heavy atom. The smallest absolute Gasteiger partial charge is 0.317 e. The molecule has 23 heavy (non-hydrogen) atoms. The number of urea groups is 1.